The first-order valence-corrected chi connectivity index (χ1v) is 11.3. The summed E-state index contributed by atoms with van der Waals surface area (Å²) in [7, 11) is 0. The average Bonchev–Trinajstić information content (AvgIpc) is 2.72. The van der Waals surface area contributed by atoms with Crippen LogP contribution in [-0.4, -0.2) is 41.3 Å². The molecular weight excluding hydrogens is 398 g/mol. The van der Waals surface area contributed by atoms with Gasteiger partial charge in [0, 0.05) is 0 Å². The summed E-state index contributed by atoms with van der Waals surface area (Å²) < 4.78 is 16.4. The van der Waals surface area contributed by atoms with Crippen molar-refractivity contribution in [2.75, 3.05) is 6.61 Å². The lowest BCUT2D eigenvalue weighted by molar-refractivity contribution is -0.151. The fourth-order valence-electron chi connectivity index (χ4n) is 5.94. The predicted octanol–water partition coefficient (Wildman–Crippen LogP) is 4.68. The first kappa shape index (κ1) is 21.7. The Hall–Kier alpha value is -2.57. The fourth-order valence-corrected chi connectivity index (χ4v) is 5.94. The van der Waals surface area contributed by atoms with Gasteiger partial charge in [-0.25, -0.2) is 14.4 Å². The van der Waals surface area contributed by atoms with Gasteiger partial charge in [0.2, 0.25) is 0 Å². The largest absolute Gasteiger partial charge is 0.464 e. The SMILES string of the molecule is CCOC(=O)[C@H](C)N(C(=O)OCc1ccccc1)C(=O)OC12CC3CC(CC(C3)C1)C2. The number of esters is 1. The van der Waals surface area contributed by atoms with Crippen LogP contribution in [0.2, 0.25) is 0 Å². The van der Waals surface area contributed by atoms with E-state index in [1.165, 1.54) is 26.2 Å². The molecule has 4 fully saturated rings. The highest BCUT2D eigenvalue weighted by atomic mass is 16.6. The molecule has 1 aromatic carbocycles. The standard InChI is InChI=1S/C24H31NO6/c1-3-29-21(26)16(2)25(22(27)30-15-17-7-5-4-6-8-17)23(28)31-24-12-18-9-19(13-24)11-20(10-18)14-24/h4-8,16,18-20H,3,9-15H2,1-2H3/t16-,18?,19?,20?,24?/m0/s1. The molecule has 0 N–H and O–H groups in total. The minimum absolute atomic E-state index is 0.00361. The van der Waals surface area contributed by atoms with Gasteiger partial charge in [-0.1, -0.05) is 30.3 Å². The van der Waals surface area contributed by atoms with E-state index in [9.17, 15) is 14.4 Å². The maximum absolute atomic E-state index is 13.2. The van der Waals surface area contributed by atoms with Crippen molar-refractivity contribution in [2.45, 2.75) is 70.6 Å². The number of imide groups is 1. The number of rotatable bonds is 6. The molecule has 4 bridgehead atoms. The third kappa shape index (κ3) is 4.70. The van der Waals surface area contributed by atoms with E-state index in [1.807, 2.05) is 30.3 Å². The van der Waals surface area contributed by atoms with E-state index in [0.717, 1.165) is 29.7 Å². The zero-order chi connectivity index (χ0) is 22.0. The van der Waals surface area contributed by atoms with Crippen molar-refractivity contribution in [1.82, 2.24) is 4.90 Å². The van der Waals surface area contributed by atoms with Gasteiger partial charge in [-0.15, -0.1) is 0 Å². The van der Waals surface area contributed by atoms with Crippen LogP contribution in [0.3, 0.4) is 0 Å². The van der Waals surface area contributed by atoms with Crippen LogP contribution in [0.1, 0.15) is 57.9 Å². The molecule has 7 heteroatoms. The van der Waals surface area contributed by atoms with E-state index in [4.69, 9.17) is 14.2 Å². The van der Waals surface area contributed by atoms with Crippen LogP contribution in [0.5, 0.6) is 0 Å². The van der Waals surface area contributed by atoms with E-state index in [0.29, 0.717) is 17.8 Å². The van der Waals surface area contributed by atoms with Crippen LogP contribution in [0, 0.1) is 17.8 Å². The Bertz CT molecular complexity index is 787. The Morgan fingerprint density at radius 2 is 1.55 bits per heavy atom. The highest BCUT2D eigenvalue weighted by Gasteiger charge is 2.54. The van der Waals surface area contributed by atoms with E-state index in [2.05, 4.69) is 0 Å². The van der Waals surface area contributed by atoms with Gasteiger partial charge in [-0.3, -0.25) is 0 Å². The minimum atomic E-state index is -1.13. The molecule has 31 heavy (non-hydrogen) atoms. The molecule has 1 aromatic rings. The lowest BCUT2D eigenvalue weighted by Crippen LogP contribution is -2.56. The van der Waals surface area contributed by atoms with Crippen molar-refractivity contribution in [2.24, 2.45) is 17.8 Å². The number of hydrogen-bond donors (Lipinski definition) is 0. The average molecular weight is 430 g/mol. The number of hydrogen-bond acceptors (Lipinski definition) is 6. The molecular formula is C24H31NO6. The van der Waals surface area contributed by atoms with Crippen LogP contribution >= 0.6 is 0 Å². The van der Waals surface area contributed by atoms with Crippen molar-refractivity contribution in [3.63, 3.8) is 0 Å². The minimum Gasteiger partial charge on any atom is -0.464 e. The molecule has 0 saturated heterocycles. The van der Waals surface area contributed by atoms with Crippen molar-refractivity contribution in [3.8, 4) is 0 Å². The number of carbonyl (C=O) groups excluding carboxylic acids is 3. The molecule has 1 atom stereocenters. The Morgan fingerprint density at radius 3 is 2.10 bits per heavy atom. The third-order valence-electron chi connectivity index (χ3n) is 6.90. The predicted molar refractivity (Wildman–Crippen MR) is 112 cm³/mol. The lowest BCUT2D eigenvalue weighted by atomic mass is 9.54. The highest BCUT2D eigenvalue weighted by Crippen LogP contribution is 2.57. The number of nitrogens with zero attached hydrogens (tertiary/aromatic N) is 1. The van der Waals surface area contributed by atoms with Crippen LogP contribution in [0.25, 0.3) is 0 Å². The van der Waals surface area contributed by atoms with E-state index >= 15 is 0 Å². The maximum atomic E-state index is 13.2. The van der Waals surface area contributed by atoms with Crippen LogP contribution in [-0.2, 0) is 25.6 Å². The summed E-state index contributed by atoms with van der Waals surface area (Å²) in [5, 5.41) is 0. The first-order valence-electron chi connectivity index (χ1n) is 11.3. The molecule has 4 aliphatic rings. The summed E-state index contributed by atoms with van der Waals surface area (Å²) in [6, 6.07) is 8.04. The Morgan fingerprint density at radius 1 is 0.968 bits per heavy atom. The molecule has 4 saturated carbocycles. The van der Waals surface area contributed by atoms with Crippen molar-refractivity contribution in [3.05, 3.63) is 35.9 Å². The molecule has 5 rings (SSSR count). The van der Waals surface area contributed by atoms with Crippen LogP contribution in [0.15, 0.2) is 30.3 Å². The summed E-state index contributed by atoms with van der Waals surface area (Å²) in [6.45, 7) is 3.29. The third-order valence-corrected chi connectivity index (χ3v) is 6.90. The summed E-state index contributed by atoms with van der Waals surface area (Å²) in [5.74, 6) is 1.08. The monoisotopic (exact) mass is 429 g/mol. The quantitative estimate of drug-likeness (QED) is 0.482. The lowest BCUT2D eigenvalue weighted by Gasteiger charge is -2.55. The molecule has 0 aromatic heterocycles. The van der Waals surface area contributed by atoms with Gasteiger partial charge < -0.3 is 14.2 Å². The molecule has 2 amide bonds. The zero-order valence-electron chi connectivity index (χ0n) is 18.2. The van der Waals surface area contributed by atoms with Crippen molar-refractivity contribution in [1.29, 1.82) is 0 Å². The van der Waals surface area contributed by atoms with E-state index < -0.39 is 29.8 Å². The molecule has 0 heterocycles. The highest BCUT2D eigenvalue weighted by molar-refractivity contribution is 5.93. The molecule has 7 nitrogen and oxygen atoms in total. The smallest absolute Gasteiger partial charge is 0.420 e. The van der Waals surface area contributed by atoms with Crippen molar-refractivity contribution >= 4 is 18.2 Å². The van der Waals surface area contributed by atoms with E-state index in [-0.39, 0.29) is 13.2 Å². The normalized spacial score (nSPS) is 29.2. The van der Waals surface area contributed by atoms with Crippen LogP contribution < -0.4 is 0 Å². The second-order valence-electron chi connectivity index (χ2n) is 9.31. The zero-order valence-corrected chi connectivity index (χ0v) is 18.2. The van der Waals surface area contributed by atoms with Gasteiger partial charge in [-0.2, -0.15) is 4.90 Å². The maximum Gasteiger partial charge on any atom is 0.420 e. The first-order chi connectivity index (χ1) is 14.9. The second-order valence-corrected chi connectivity index (χ2v) is 9.31. The second kappa shape index (κ2) is 8.89. The van der Waals surface area contributed by atoms with E-state index in [1.54, 1.807) is 6.92 Å². The summed E-state index contributed by atoms with van der Waals surface area (Å²) >= 11 is 0. The summed E-state index contributed by atoms with van der Waals surface area (Å²) in [6.07, 6.45) is 4.42. The van der Waals surface area contributed by atoms with Gasteiger partial charge in [0.05, 0.1) is 6.61 Å². The number of ether oxygens (including phenoxy) is 3. The molecule has 0 aliphatic heterocycles. The molecule has 0 radical (unpaired) electrons. The van der Waals surface area contributed by atoms with Gasteiger partial charge in [0.25, 0.3) is 0 Å². The molecule has 0 spiro atoms. The summed E-state index contributed by atoms with van der Waals surface area (Å²) in [4.78, 5) is 39.2. The van der Waals surface area contributed by atoms with Gasteiger partial charge >= 0.3 is 18.2 Å². The van der Waals surface area contributed by atoms with Gasteiger partial charge in [0.15, 0.2) is 0 Å². The topological polar surface area (TPSA) is 82.1 Å². The Kier molecular flexibility index (Phi) is 6.21. The van der Waals surface area contributed by atoms with Crippen LogP contribution in [0.4, 0.5) is 9.59 Å². The molecule has 168 valence electrons. The van der Waals surface area contributed by atoms with Crippen molar-refractivity contribution < 1.29 is 28.6 Å². The summed E-state index contributed by atoms with van der Waals surface area (Å²) in [5.41, 5.74) is 0.257. The molecule has 4 aliphatic carbocycles. The Labute approximate surface area is 183 Å². The number of amides is 2. The van der Waals surface area contributed by atoms with Gasteiger partial charge in [0.1, 0.15) is 18.2 Å². The number of carbonyl (C=O) groups is 3. The Balaban J connectivity index is 1.48. The fraction of sp³-hybridized carbons (Fsp3) is 0.625. The molecule has 0 unspecified atom stereocenters. The number of benzene rings is 1. The van der Waals surface area contributed by atoms with Gasteiger partial charge in [-0.05, 0) is 75.7 Å².